The normalized spacial score (nSPS) is 17.6. The minimum Gasteiger partial charge on any atom is -0.442 e. The van der Waals surface area contributed by atoms with Crippen molar-refractivity contribution in [2.75, 3.05) is 42.9 Å². The number of ketones is 1. The number of primary amides is 1. The standard InChI is InChI=1S/C28H32FN5O6/c1-17(35)31-12-21-14-34(27(39)40-21)20-7-8-22(23(29)11-20)28(2)15-33(16-28)26(38)10-9-24(36)18-3-5-19(6-4-18)32-13-25(30)37/h3-8,11,21,32H,9-10,12-16H2,1-2H3,(H2,30,37)(H,31,35)/t21-/m0/s1. The van der Waals surface area contributed by atoms with Gasteiger partial charge in [0, 0.05) is 49.5 Å². The highest BCUT2D eigenvalue weighted by molar-refractivity contribution is 5.98. The third-order valence-corrected chi connectivity index (χ3v) is 7.04. The van der Waals surface area contributed by atoms with Gasteiger partial charge >= 0.3 is 6.09 Å². The molecular formula is C28H32FN5O6. The van der Waals surface area contributed by atoms with Crippen LogP contribution in [0.1, 0.15) is 42.6 Å². The number of Topliss-reactive ketones (excluding diaryl/α,β-unsaturated/α-hetero) is 1. The van der Waals surface area contributed by atoms with Gasteiger partial charge in [0.05, 0.1) is 25.3 Å². The van der Waals surface area contributed by atoms with Gasteiger partial charge in [-0.3, -0.25) is 24.1 Å². The zero-order valence-corrected chi connectivity index (χ0v) is 22.4. The van der Waals surface area contributed by atoms with Crippen LogP contribution < -0.4 is 21.3 Å². The molecule has 2 saturated heterocycles. The van der Waals surface area contributed by atoms with Gasteiger partial charge in [0.25, 0.3) is 0 Å². The summed E-state index contributed by atoms with van der Waals surface area (Å²) in [5, 5.41) is 5.43. The number of cyclic esters (lactones) is 1. The lowest BCUT2D eigenvalue weighted by Gasteiger charge is -2.48. The van der Waals surface area contributed by atoms with E-state index in [4.69, 9.17) is 10.5 Å². The topological polar surface area (TPSA) is 151 Å². The zero-order valence-electron chi connectivity index (χ0n) is 22.4. The highest BCUT2D eigenvalue weighted by atomic mass is 19.1. The van der Waals surface area contributed by atoms with Gasteiger partial charge in [-0.1, -0.05) is 13.0 Å². The molecule has 0 unspecified atom stereocenters. The number of nitrogens with two attached hydrogens (primary N) is 1. The van der Waals surface area contributed by atoms with Crippen LogP contribution in [0.2, 0.25) is 0 Å². The Bertz CT molecular complexity index is 1320. The average Bonchev–Trinajstić information content (AvgIpc) is 3.27. The summed E-state index contributed by atoms with van der Waals surface area (Å²) in [6, 6.07) is 11.1. The van der Waals surface area contributed by atoms with Crippen molar-refractivity contribution in [3.05, 3.63) is 59.4 Å². The van der Waals surface area contributed by atoms with Gasteiger partial charge in [-0.25, -0.2) is 9.18 Å². The number of hydrogen-bond donors (Lipinski definition) is 3. The quantitative estimate of drug-likeness (QED) is 0.360. The predicted molar refractivity (Wildman–Crippen MR) is 144 cm³/mol. The van der Waals surface area contributed by atoms with E-state index in [0.29, 0.717) is 35.6 Å². The smallest absolute Gasteiger partial charge is 0.414 e. The number of carbonyl (C=O) groups excluding carboxylic acids is 5. The lowest BCUT2D eigenvalue weighted by molar-refractivity contribution is -0.138. The van der Waals surface area contributed by atoms with Crippen molar-refractivity contribution >= 4 is 41.0 Å². The maximum Gasteiger partial charge on any atom is 0.414 e. The fourth-order valence-electron chi connectivity index (χ4n) is 4.89. The number of amides is 4. The second-order valence-electron chi connectivity index (χ2n) is 10.3. The Morgan fingerprint density at radius 1 is 1.10 bits per heavy atom. The Balaban J connectivity index is 1.28. The SMILES string of the molecule is CC(=O)NC[C@H]1CN(c2ccc(C3(C)CN(C(=O)CCC(=O)c4ccc(NCC(N)=O)cc4)C3)c(F)c2)C(=O)O1. The van der Waals surface area contributed by atoms with E-state index >= 15 is 4.39 Å². The third kappa shape index (κ3) is 6.56. The zero-order chi connectivity index (χ0) is 29.0. The number of halogens is 1. The molecule has 2 aliphatic heterocycles. The Labute approximate surface area is 230 Å². The van der Waals surface area contributed by atoms with Crippen molar-refractivity contribution in [2.45, 2.75) is 38.2 Å². The molecule has 11 nitrogen and oxygen atoms in total. The van der Waals surface area contributed by atoms with Gasteiger partial charge in [0.15, 0.2) is 5.78 Å². The van der Waals surface area contributed by atoms with Gasteiger partial charge in [0.2, 0.25) is 17.7 Å². The maximum absolute atomic E-state index is 15.2. The molecule has 4 amide bonds. The molecule has 0 aliphatic carbocycles. The summed E-state index contributed by atoms with van der Waals surface area (Å²) >= 11 is 0. The molecule has 2 aromatic rings. The van der Waals surface area contributed by atoms with E-state index in [0.717, 1.165) is 0 Å². The molecule has 40 heavy (non-hydrogen) atoms. The Kier molecular flexibility index (Phi) is 8.36. The van der Waals surface area contributed by atoms with Crippen molar-refractivity contribution in [3.8, 4) is 0 Å². The first-order chi connectivity index (χ1) is 18.9. The van der Waals surface area contributed by atoms with Crippen LogP contribution in [-0.4, -0.2) is 73.3 Å². The van der Waals surface area contributed by atoms with Crippen LogP contribution in [0.15, 0.2) is 42.5 Å². The van der Waals surface area contributed by atoms with E-state index < -0.39 is 29.3 Å². The van der Waals surface area contributed by atoms with Gasteiger partial charge in [0.1, 0.15) is 11.9 Å². The van der Waals surface area contributed by atoms with Gasteiger partial charge < -0.3 is 26.0 Å². The summed E-state index contributed by atoms with van der Waals surface area (Å²) in [5.41, 5.74) is 6.39. The maximum atomic E-state index is 15.2. The number of ether oxygens (including phenoxy) is 1. The summed E-state index contributed by atoms with van der Waals surface area (Å²) in [4.78, 5) is 62.4. The number of benzene rings is 2. The number of carbonyl (C=O) groups is 5. The molecule has 12 heteroatoms. The van der Waals surface area contributed by atoms with Crippen molar-refractivity contribution in [1.29, 1.82) is 0 Å². The fraction of sp³-hybridized carbons (Fsp3) is 0.393. The average molecular weight is 554 g/mol. The van der Waals surface area contributed by atoms with Crippen LogP contribution >= 0.6 is 0 Å². The van der Waals surface area contributed by atoms with E-state index in [1.807, 2.05) is 6.92 Å². The number of nitrogens with zero attached hydrogens (tertiary/aromatic N) is 2. The van der Waals surface area contributed by atoms with Gasteiger partial charge in [-0.05, 0) is 42.0 Å². The van der Waals surface area contributed by atoms with E-state index in [1.54, 1.807) is 41.3 Å². The van der Waals surface area contributed by atoms with Crippen LogP contribution in [0.25, 0.3) is 0 Å². The minimum absolute atomic E-state index is 0.0147. The van der Waals surface area contributed by atoms with Gasteiger partial charge in [-0.15, -0.1) is 0 Å². The molecule has 4 N–H and O–H groups in total. The lowest BCUT2D eigenvalue weighted by Crippen LogP contribution is -2.59. The van der Waals surface area contributed by atoms with Crippen molar-refractivity contribution in [1.82, 2.24) is 10.2 Å². The largest absolute Gasteiger partial charge is 0.442 e. The molecule has 0 spiro atoms. The molecule has 0 saturated carbocycles. The van der Waals surface area contributed by atoms with Crippen molar-refractivity contribution in [2.24, 2.45) is 5.73 Å². The second kappa shape index (κ2) is 11.7. The fourth-order valence-corrected chi connectivity index (χ4v) is 4.89. The summed E-state index contributed by atoms with van der Waals surface area (Å²) < 4.78 is 20.4. The summed E-state index contributed by atoms with van der Waals surface area (Å²) in [7, 11) is 0. The van der Waals surface area contributed by atoms with Crippen molar-refractivity contribution < 1.29 is 33.1 Å². The second-order valence-corrected chi connectivity index (χ2v) is 10.3. The molecular weight excluding hydrogens is 521 g/mol. The first kappa shape index (κ1) is 28.5. The molecule has 2 aliphatic rings. The number of rotatable bonds is 11. The van der Waals surface area contributed by atoms with E-state index in [-0.39, 0.29) is 50.1 Å². The van der Waals surface area contributed by atoms with Crippen LogP contribution in [0.3, 0.4) is 0 Å². The number of hydrogen-bond acceptors (Lipinski definition) is 7. The molecule has 0 radical (unpaired) electrons. The molecule has 0 aromatic heterocycles. The third-order valence-electron chi connectivity index (χ3n) is 7.04. The first-order valence-corrected chi connectivity index (χ1v) is 12.9. The Hall–Kier alpha value is -4.48. The summed E-state index contributed by atoms with van der Waals surface area (Å²) in [6.45, 7) is 4.19. The molecule has 212 valence electrons. The van der Waals surface area contributed by atoms with E-state index in [1.165, 1.54) is 17.9 Å². The highest BCUT2D eigenvalue weighted by Crippen LogP contribution is 2.37. The minimum atomic E-state index is -0.612. The lowest BCUT2D eigenvalue weighted by atomic mass is 9.75. The van der Waals surface area contributed by atoms with E-state index in [2.05, 4.69) is 10.6 Å². The summed E-state index contributed by atoms with van der Waals surface area (Å²) in [6.07, 6.45) is -1.06. The molecule has 2 fully saturated rings. The monoisotopic (exact) mass is 553 g/mol. The highest BCUT2D eigenvalue weighted by Gasteiger charge is 2.44. The van der Waals surface area contributed by atoms with Crippen LogP contribution in [0.5, 0.6) is 0 Å². The van der Waals surface area contributed by atoms with Crippen LogP contribution in [0, 0.1) is 5.82 Å². The number of likely N-dealkylation sites (tertiary alicyclic amines) is 1. The van der Waals surface area contributed by atoms with E-state index in [9.17, 15) is 24.0 Å². The van der Waals surface area contributed by atoms with Crippen LogP contribution in [0.4, 0.5) is 20.6 Å². The Morgan fingerprint density at radius 3 is 2.42 bits per heavy atom. The molecule has 1 atom stereocenters. The van der Waals surface area contributed by atoms with Gasteiger partial charge in [-0.2, -0.15) is 0 Å². The molecule has 2 heterocycles. The first-order valence-electron chi connectivity index (χ1n) is 12.9. The molecule has 4 rings (SSSR count). The molecule has 2 aromatic carbocycles. The predicted octanol–water partition coefficient (Wildman–Crippen LogP) is 1.95. The molecule has 0 bridgehead atoms. The number of nitrogens with one attached hydrogen (secondary N) is 2. The Morgan fingerprint density at radius 2 is 1.80 bits per heavy atom. The van der Waals surface area contributed by atoms with Crippen LogP contribution in [-0.2, 0) is 24.5 Å². The summed E-state index contributed by atoms with van der Waals surface area (Å²) in [5.74, 6) is -1.59. The van der Waals surface area contributed by atoms with Crippen molar-refractivity contribution in [3.63, 3.8) is 0 Å². The number of anilines is 2.